The van der Waals surface area contributed by atoms with Gasteiger partial charge in [0.15, 0.2) is 22.2 Å². The Morgan fingerprint density at radius 2 is 1.75 bits per heavy atom. The molecular formula is C10H14NO4S. The van der Waals surface area contributed by atoms with Gasteiger partial charge in [-0.2, -0.15) is 4.73 Å². The van der Waals surface area contributed by atoms with Crippen LogP contribution in [0.1, 0.15) is 19.3 Å². The molecule has 89 valence electrons. The topological polar surface area (TPSA) is 81.0 Å². The molecule has 0 aliphatic heterocycles. The molecule has 1 rings (SSSR count). The Kier molecular flexibility index (Phi) is 4.70. The fraction of sp³-hybridized carbons (Fsp3) is 0.500. The number of sulfone groups is 1. The Balaban J connectivity index is 2.60. The summed E-state index contributed by atoms with van der Waals surface area (Å²) in [6.07, 6.45) is 3.92. The highest BCUT2D eigenvalue weighted by Gasteiger charge is 2.14. The maximum absolute atomic E-state index is 11.7. The van der Waals surface area contributed by atoms with Crippen molar-refractivity contribution >= 4 is 9.84 Å². The molecule has 0 fully saturated rings. The van der Waals surface area contributed by atoms with Crippen LogP contribution in [0.4, 0.5) is 0 Å². The smallest absolute Gasteiger partial charge is 0.181 e. The summed E-state index contributed by atoms with van der Waals surface area (Å²) in [5.41, 5.74) is 0. The lowest BCUT2D eigenvalue weighted by molar-refractivity contribution is -0.605. The van der Waals surface area contributed by atoms with E-state index in [1.807, 2.05) is 0 Å². The fourth-order valence-electron chi connectivity index (χ4n) is 1.30. The van der Waals surface area contributed by atoms with E-state index in [0.717, 1.165) is 12.4 Å². The molecule has 5 nitrogen and oxygen atoms in total. The lowest BCUT2D eigenvalue weighted by atomic mass is 10.3. The Bertz CT molecular complexity index is 413. The summed E-state index contributed by atoms with van der Waals surface area (Å²) in [6.45, 7) is -0.165. The van der Waals surface area contributed by atoms with Crippen LogP contribution in [0.2, 0.25) is 0 Å². The van der Waals surface area contributed by atoms with E-state index in [4.69, 9.17) is 0 Å². The molecular weight excluding hydrogens is 230 g/mol. The van der Waals surface area contributed by atoms with Crippen LogP contribution in [0.15, 0.2) is 29.4 Å². The Labute approximate surface area is 94.9 Å². The monoisotopic (exact) mass is 244 g/mol. The van der Waals surface area contributed by atoms with Crippen LogP contribution in [0, 0.1) is 5.21 Å². The molecule has 0 aliphatic rings. The first-order valence-electron chi connectivity index (χ1n) is 5.06. The zero-order valence-corrected chi connectivity index (χ0v) is 9.65. The van der Waals surface area contributed by atoms with Crippen molar-refractivity contribution in [2.24, 2.45) is 0 Å². The van der Waals surface area contributed by atoms with Gasteiger partial charge in [-0.1, -0.05) is 6.42 Å². The van der Waals surface area contributed by atoms with Crippen LogP contribution in [0.3, 0.4) is 0 Å². The second-order valence-corrected chi connectivity index (χ2v) is 5.59. The number of rotatable bonds is 6. The van der Waals surface area contributed by atoms with Gasteiger partial charge in [0.05, 0.1) is 17.3 Å². The summed E-state index contributed by atoms with van der Waals surface area (Å²) in [7, 11) is -3.31. The van der Waals surface area contributed by atoms with E-state index in [9.17, 15) is 18.7 Å². The minimum atomic E-state index is -3.31. The first kappa shape index (κ1) is 12.9. The highest BCUT2D eigenvalue weighted by Crippen LogP contribution is 2.11. The normalized spacial score (nSPS) is 11.6. The lowest BCUT2D eigenvalue weighted by Crippen LogP contribution is -2.24. The molecule has 0 aliphatic carbocycles. The standard InChI is InChI=1S/C10H14NO4S/c12-8-2-1-3-9-16(14,15)10-4-6-11(13)7-5-10/h4-7H,1-3,8-9H2. The van der Waals surface area contributed by atoms with Gasteiger partial charge in [0.25, 0.3) is 0 Å². The van der Waals surface area contributed by atoms with Crippen molar-refractivity contribution in [3.63, 3.8) is 0 Å². The molecule has 0 atom stereocenters. The van der Waals surface area contributed by atoms with E-state index in [1.54, 1.807) is 0 Å². The van der Waals surface area contributed by atoms with Gasteiger partial charge in [0.1, 0.15) is 0 Å². The van der Waals surface area contributed by atoms with E-state index in [0.29, 0.717) is 24.0 Å². The number of unbranched alkanes of at least 4 members (excludes halogenated alkanes) is 2. The van der Waals surface area contributed by atoms with Gasteiger partial charge in [-0.25, -0.2) is 13.5 Å². The fourth-order valence-corrected chi connectivity index (χ4v) is 2.65. The zero-order valence-electron chi connectivity index (χ0n) is 8.83. The summed E-state index contributed by atoms with van der Waals surface area (Å²) in [5, 5.41) is 20.9. The molecule has 0 unspecified atom stereocenters. The van der Waals surface area contributed by atoms with Crippen LogP contribution in [0.5, 0.6) is 0 Å². The Hall–Kier alpha value is -1.14. The third kappa shape index (κ3) is 3.79. The Morgan fingerprint density at radius 3 is 2.31 bits per heavy atom. The quantitative estimate of drug-likeness (QED) is 0.419. The first-order chi connectivity index (χ1) is 7.56. The average Bonchev–Trinajstić information content (AvgIpc) is 2.25. The van der Waals surface area contributed by atoms with Gasteiger partial charge in [-0.05, 0) is 12.8 Å². The summed E-state index contributed by atoms with van der Waals surface area (Å²) in [6, 6.07) is 2.58. The second-order valence-electron chi connectivity index (χ2n) is 3.48. The molecule has 0 N–H and O–H groups in total. The van der Waals surface area contributed by atoms with Gasteiger partial charge in [0.2, 0.25) is 0 Å². The van der Waals surface area contributed by atoms with Crippen molar-refractivity contribution in [2.75, 3.05) is 12.4 Å². The summed E-state index contributed by atoms with van der Waals surface area (Å²) < 4.78 is 24.0. The van der Waals surface area contributed by atoms with Crippen LogP contribution in [0.25, 0.3) is 0 Å². The van der Waals surface area contributed by atoms with E-state index >= 15 is 0 Å². The molecule has 1 aromatic rings. The van der Waals surface area contributed by atoms with Gasteiger partial charge in [-0.3, -0.25) is 0 Å². The van der Waals surface area contributed by atoms with Crippen molar-refractivity contribution in [1.82, 2.24) is 0 Å². The maximum Gasteiger partial charge on any atom is 0.181 e. The number of pyridine rings is 1. The van der Waals surface area contributed by atoms with Crippen LogP contribution in [-0.2, 0) is 14.9 Å². The van der Waals surface area contributed by atoms with Crippen LogP contribution >= 0.6 is 0 Å². The molecule has 16 heavy (non-hydrogen) atoms. The average molecular weight is 244 g/mol. The lowest BCUT2D eigenvalue weighted by Gasteiger charge is -2.03. The number of aromatic nitrogens is 1. The van der Waals surface area contributed by atoms with Crippen molar-refractivity contribution in [2.45, 2.75) is 24.2 Å². The minimum absolute atomic E-state index is 0.0237. The first-order valence-corrected chi connectivity index (χ1v) is 6.71. The van der Waals surface area contributed by atoms with E-state index in [-0.39, 0.29) is 17.3 Å². The van der Waals surface area contributed by atoms with E-state index in [1.165, 1.54) is 12.1 Å². The molecule has 6 heteroatoms. The molecule has 0 spiro atoms. The Morgan fingerprint density at radius 1 is 1.12 bits per heavy atom. The maximum atomic E-state index is 11.7. The SMILES string of the molecule is [O]CCCCCS(=O)(=O)c1cc[n+]([O-])cc1. The molecule has 0 amide bonds. The number of hydrogen-bond donors (Lipinski definition) is 0. The van der Waals surface area contributed by atoms with Crippen LogP contribution in [-0.4, -0.2) is 20.8 Å². The number of hydrogen-bond acceptors (Lipinski definition) is 3. The second kappa shape index (κ2) is 5.81. The van der Waals surface area contributed by atoms with Crippen molar-refractivity contribution in [3.05, 3.63) is 29.7 Å². The van der Waals surface area contributed by atoms with Gasteiger partial charge in [-0.15, -0.1) is 0 Å². The van der Waals surface area contributed by atoms with Crippen molar-refractivity contribution < 1.29 is 18.3 Å². The number of nitrogens with zero attached hydrogens (tertiary/aromatic N) is 1. The molecule has 1 radical (unpaired) electrons. The minimum Gasteiger partial charge on any atom is -0.619 e. The largest absolute Gasteiger partial charge is 0.619 e. The molecule has 1 heterocycles. The van der Waals surface area contributed by atoms with E-state index < -0.39 is 9.84 Å². The molecule has 0 bridgehead atoms. The molecule has 0 saturated carbocycles. The van der Waals surface area contributed by atoms with Gasteiger partial charge < -0.3 is 5.21 Å². The molecule has 0 aromatic carbocycles. The molecule has 0 saturated heterocycles. The highest BCUT2D eigenvalue weighted by molar-refractivity contribution is 7.91. The predicted molar refractivity (Wildman–Crippen MR) is 56.9 cm³/mol. The third-order valence-electron chi connectivity index (χ3n) is 2.19. The highest BCUT2D eigenvalue weighted by atomic mass is 32.2. The van der Waals surface area contributed by atoms with Crippen LogP contribution < -0.4 is 4.73 Å². The van der Waals surface area contributed by atoms with Crippen molar-refractivity contribution in [1.29, 1.82) is 0 Å². The van der Waals surface area contributed by atoms with Gasteiger partial charge >= 0.3 is 0 Å². The summed E-state index contributed by atoms with van der Waals surface area (Å²) in [5.74, 6) is 0.0237. The van der Waals surface area contributed by atoms with Crippen molar-refractivity contribution in [3.8, 4) is 0 Å². The predicted octanol–water partition coefficient (Wildman–Crippen LogP) is 0.695. The van der Waals surface area contributed by atoms with Gasteiger partial charge in [0, 0.05) is 12.1 Å². The summed E-state index contributed by atoms with van der Waals surface area (Å²) in [4.78, 5) is 0.154. The summed E-state index contributed by atoms with van der Waals surface area (Å²) >= 11 is 0. The molecule has 1 aromatic heterocycles. The third-order valence-corrected chi connectivity index (χ3v) is 4.00. The zero-order chi connectivity index (χ0) is 12.0. The van der Waals surface area contributed by atoms with E-state index in [2.05, 4.69) is 0 Å².